The number of carbonyl (C=O) groups is 2. The summed E-state index contributed by atoms with van der Waals surface area (Å²) in [5.74, 6) is 0.583. The van der Waals surface area contributed by atoms with Crippen molar-refractivity contribution < 1.29 is 19.1 Å². The largest absolute Gasteiger partial charge is 0.468 e. The van der Waals surface area contributed by atoms with Crippen molar-refractivity contribution in [2.45, 2.75) is 59.5 Å². The Labute approximate surface area is 115 Å². The van der Waals surface area contributed by atoms with Gasteiger partial charge >= 0.3 is 5.97 Å². The first-order valence-electron chi connectivity index (χ1n) is 7.18. The smallest absolute Gasteiger partial charge is 0.311 e. The van der Waals surface area contributed by atoms with Crippen molar-refractivity contribution in [3.8, 4) is 0 Å². The molecule has 3 unspecified atom stereocenters. The minimum Gasteiger partial charge on any atom is -0.468 e. The predicted molar refractivity (Wildman–Crippen MR) is 72.5 cm³/mol. The molecule has 0 aromatic carbocycles. The Kier molecular flexibility index (Phi) is 5.83. The Morgan fingerprint density at radius 2 is 2.05 bits per heavy atom. The average molecular weight is 270 g/mol. The molecule has 1 aliphatic rings. The summed E-state index contributed by atoms with van der Waals surface area (Å²) in [6.07, 6.45) is 3.61. The van der Waals surface area contributed by atoms with Crippen molar-refractivity contribution >= 4 is 12.4 Å². The molecule has 4 heteroatoms. The van der Waals surface area contributed by atoms with E-state index in [1.807, 2.05) is 20.8 Å². The fourth-order valence-corrected chi connectivity index (χ4v) is 2.49. The van der Waals surface area contributed by atoms with Gasteiger partial charge in [0.05, 0.1) is 12.0 Å². The first-order valence-corrected chi connectivity index (χ1v) is 7.18. The van der Waals surface area contributed by atoms with E-state index in [1.54, 1.807) is 0 Å². The highest BCUT2D eigenvalue weighted by Gasteiger charge is 2.39. The molecular weight excluding hydrogens is 244 g/mol. The van der Waals surface area contributed by atoms with Crippen LogP contribution in [0.15, 0.2) is 0 Å². The second-order valence-corrected chi connectivity index (χ2v) is 6.18. The van der Waals surface area contributed by atoms with Crippen LogP contribution in [-0.2, 0) is 19.1 Å². The van der Waals surface area contributed by atoms with Crippen LogP contribution in [0.1, 0.15) is 53.4 Å². The summed E-state index contributed by atoms with van der Waals surface area (Å²) < 4.78 is 10.5. The number of hydrogen-bond acceptors (Lipinski definition) is 4. The molecule has 0 amide bonds. The van der Waals surface area contributed by atoms with Crippen LogP contribution < -0.4 is 0 Å². The molecule has 0 radical (unpaired) electrons. The van der Waals surface area contributed by atoms with Crippen LogP contribution in [0.5, 0.6) is 0 Å². The lowest BCUT2D eigenvalue weighted by molar-refractivity contribution is -0.164. The second-order valence-electron chi connectivity index (χ2n) is 6.18. The SMILES string of the molecule is CCC(C)(C)C(=O)OC1C(C)CCC1CCOC=O. The van der Waals surface area contributed by atoms with Crippen molar-refractivity contribution in [1.82, 2.24) is 0 Å². The van der Waals surface area contributed by atoms with Gasteiger partial charge in [0, 0.05) is 0 Å². The third kappa shape index (κ3) is 4.22. The zero-order valence-corrected chi connectivity index (χ0v) is 12.5. The maximum absolute atomic E-state index is 12.2. The van der Waals surface area contributed by atoms with Crippen LogP contribution >= 0.6 is 0 Å². The van der Waals surface area contributed by atoms with Gasteiger partial charge in [-0.05, 0) is 51.4 Å². The summed E-state index contributed by atoms with van der Waals surface area (Å²) in [7, 11) is 0. The zero-order valence-electron chi connectivity index (χ0n) is 12.5. The molecule has 1 saturated carbocycles. The van der Waals surface area contributed by atoms with Crippen LogP contribution in [-0.4, -0.2) is 25.2 Å². The zero-order chi connectivity index (χ0) is 14.5. The fraction of sp³-hybridized carbons (Fsp3) is 0.867. The van der Waals surface area contributed by atoms with Crippen molar-refractivity contribution in [3.05, 3.63) is 0 Å². The van der Waals surface area contributed by atoms with E-state index >= 15 is 0 Å². The van der Waals surface area contributed by atoms with Crippen molar-refractivity contribution in [3.63, 3.8) is 0 Å². The van der Waals surface area contributed by atoms with E-state index in [1.165, 1.54) is 0 Å². The molecule has 0 aromatic rings. The summed E-state index contributed by atoms with van der Waals surface area (Å²) in [6, 6.07) is 0. The van der Waals surface area contributed by atoms with Gasteiger partial charge in [-0.25, -0.2) is 0 Å². The van der Waals surface area contributed by atoms with Gasteiger partial charge in [0.25, 0.3) is 6.47 Å². The minimum absolute atomic E-state index is 0.0337. The van der Waals surface area contributed by atoms with E-state index in [9.17, 15) is 9.59 Å². The van der Waals surface area contributed by atoms with E-state index < -0.39 is 5.41 Å². The molecule has 4 nitrogen and oxygen atoms in total. The second kappa shape index (κ2) is 6.92. The lowest BCUT2D eigenvalue weighted by atomic mass is 9.90. The van der Waals surface area contributed by atoms with Gasteiger partial charge < -0.3 is 9.47 Å². The molecule has 0 aliphatic heterocycles. The molecule has 0 bridgehead atoms. The molecule has 1 rings (SSSR count). The molecule has 0 saturated heterocycles. The van der Waals surface area contributed by atoms with E-state index in [0.29, 0.717) is 24.9 Å². The van der Waals surface area contributed by atoms with Crippen LogP contribution in [0.3, 0.4) is 0 Å². The van der Waals surface area contributed by atoms with Crippen LogP contribution in [0, 0.1) is 17.3 Å². The Morgan fingerprint density at radius 3 is 2.63 bits per heavy atom. The molecule has 1 aliphatic carbocycles. The monoisotopic (exact) mass is 270 g/mol. The maximum Gasteiger partial charge on any atom is 0.311 e. The molecular formula is C15H26O4. The van der Waals surface area contributed by atoms with Crippen molar-refractivity contribution in [1.29, 1.82) is 0 Å². The standard InChI is InChI=1S/C15H26O4/c1-5-15(3,4)14(17)19-13-11(2)6-7-12(13)8-9-18-10-16/h10-13H,5-9H2,1-4H3. The van der Waals surface area contributed by atoms with Gasteiger partial charge in [-0.15, -0.1) is 0 Å². The van der Waals surface area contributed by atoms with Crippen LogP contribution in [0.2, 0.25) is 0 Å². The summed E-state index contributed by atoms with van der Waals surface area (Å²) in [6.45, 7) is 8.83. The fourth-order valence-electron chi connectivity index (χ4n) is 2.49. The lowest BCUT2D eigenvalue weighted by Crippen LogP contribution is -2.34. The Hall–Kier alpha value is -1.06. The first-order chi connectivity index (χ1) is 8.92. The molecule has 0 spiro atoms. The van der Waals surface area contributed by atoms with Gasteiger partial charge in [-0.3, -0.25) is 9.59 Å². The third-order valence-corrected chi connectivity index (χ3v) is 4.37. The molecule has 110 valence electrons. The van der Waals surface area contributed by atoms with Gasteiger partial charge in [-0.1, -0.05) is 13.8 Å². The number of ether oxygens (including phenoxy) is 2. The van der Waals surface area contributed by atoms with E-state index in [2.05, 4.69) is 6.92 Å². The van der Waals surface area contributed by atoms with E-state index in [4.69, 9.17) is 9.47 Å². The summed E-state index contributed by atoms with van der Waals surface area (Å²) in [5, 5.41) is 0. The predicted octanol–water partition coefficient (Wildman–Crippen LogP) is 2.94. The summed E-state index contributed by atoms with van der Waals surface area (Å²) in [5.41, 5.74) is -0.424. The summed E-state index contributed by atoms with van der Waals surface area (Å²) in [4.78, 5) is 22.3. The molecule has 0 aromatic heterocycles. The average Bonchev–Trinajstić information content (AvgIpc) is 2.71. The molecule has 0 heterocycles. The lowest BCUT2D eigenvalue weighted by Gasteiger charge is -2.28. The maximum atomic E-state index is 12.2. The number of hydrogen-bond donors (Lipinski definition) is 0. The van der Waals surface area contributed by atoms with Gasteiger partial charge in [0.15, 0.2) is 0 Å². The molecule has 3 atom stereocenters. The highest BCUT2D eigenvalue weighted by Crippen LogP contribution is 2.37. The number of rotatable bonds is 7. The molecule has 19 heavy (non-hydrogen) atoms. The van der Waals surface area contributed by atoms with Gasteiger partial charge in [-0.2, -0.15) is 0 Å². The van der Waals surface area contributed by atoms with Gasteiger partial charge in [0.1, 0.15) is 6.10 Å². The van der Waals surface area contributed by atoms with Crippen LogP contribution in [0.4, 0.5) is 0 Å². The Balaban J connectivity index is 2.57. The highest BCUT2D eigenvalue weighted by atomic mass is 16.5. The normalized spacial score (nSPS) is 27.1. The quantitative estimate of drug-likeness (QED) is 0.405. The van der Waals surface area contributed by atoms with Crippen molar-refractivity contribution in [2.75, 3.05) is 6.61 Å². The van der Waals surface area contributed by atoms with Crippen molar-refractivity contribution in [2.24, 2.45) is 17.3 Å². The van der Waals surface area contributed by atoms with E-state index in [-0.39, 0.29) is 12.1 Å². The minimum atomic E-state index is -0.424. The van der Waals surface area contributed by atoms with E-state index in [0.717, 1.165) is 25.7 Å². The first kappa shape index (κ1) is 16.0. The topological polar surface area (TPSA) is 52.6 Å². The summed E-state index contributed by atoms with van der Waals surface area (Å²) >= 11 is 0. The molecule has 1 fully saturated rings. The Bertz CT molecular complexity index is 311. The van der Waals surface area contributed by atoms with Crippen LogP contribution in [0.25, 0.3) is 0 Å². The van der Waals surface area contributed by atoms with Gasteiger partial charge in [0.2, 0.25) is 0 Å². The molecule has 0 N–H and O–H groups in total. The third-order valence-electron chi connectivity index (χ3n) is 4.37. The highest BCUT2D eigenvalue weighted by molar-refractivity contribution is 5.76. The number of esters is 1. The Morgan fingerprint density at radius 1 is 1.37 bits per heavy atom. The number of carbonyl (C=O) groups excluding carboxylic acids is 2.